The fourth-order valence-electron chi connectivity index (χ4n) is 3.87. The quantitative estimate of drug-likeness (QED) is 0.879. The molecule has 25 heavy (non-hydrogen) atoms. The van der Waals surface area contributed by atoms with E-state index in [1.807, 2.05) is 0 Å². The van der Waals surface area contributed by atoms with Crippen molar-refractivity contribution in [3.05, 3.63) is 29.6 Å². The second-order valence-corrected chi connectivity index (χ2v) is 6.96. The summed E-state index contributed by atoms with van der Waals surface area (Å²) in [5.74, 6) is 0.0312. The molecule has 5 nitrogen and oxygen atoms in total. The van der Waals surface area contributed by atoms with E-state index in [2.05, 4.69) is 10.6 Å². The molecule has 0 saturated heterocycles. The second-order valence-electron chi connectivity index (χ2n) is 6.96. The summed E-state index contributed by atoms with van der Waals surface area (Å²) in [7, 11) is 0. The Morgan fingerprint density at radius 3 is 2.68 bits per heavy atom. The van der Waals surface area contributed by atoms with Gasteiger partial charge in [0.25, 0.3) is 0 Å². The van der Waals surface area contributed by atoms with E-state index in [9.17, 15) is 14.0 Å². The van der Waals surface area contributed by atoms with E-state index in [-0.39, 0.29) is 29.6 Å². The van der Waals surface area contributed by atoms with Crippen LogP contribution in [0.15, 0.2) is 18.2 Å². The van der Waals surface area contributed by atoms with Crippen LogP contribution in [0, 0.1) is 11.7 Å². The van der Waals surface area contributed by atoms with Crippen LogP contribution in [-0.4, -0.2) is 24.5 Å². The van der Waals surface area contributed by atoms with Gasteiger partial charge in [0, 0.05) is 12.5 Å². The number of amides is 2. The first-order chi connectivity index (χ1) is 12.0. The molecule has 2 N–H and O–H groups in total. The van der Waals surface area contributed by atoms with Gasteiger partial charge < -0.3 is 15.4 Å². The second kappa shape index (κ2) is 7.85. The van der Waals surface area contributed by atoms with Gasteiger partial charge in [-0.25, -0.2) is 4.39 Å². The average Bonchev–Trinajstić information content (AvgIpc) is 3.03. The first kappa shape index (κ1) is 17.7. The summed E-state index contributed by atoms with van der Waals surface area (Å²) in [6.45, 7) is 1.97. The third-order valence-corrected chi connectivity index (χ3v) is 5.07. The van der Waals surface area contributed by atoms with Gasteiger partial charge in [-0.2, -0.15) is 0 Å². The maximum absolute atomic E-state index is 13.7. The summed E-state index contributed by atoms with van der Waals surface area (Å²) in [6, 6.07) is 3.56. The van der Waals surface area contributed by atoms with Crippen LogP contribution < -0.4 is 15.4 Å². The lowest BCUT2D eigenvalue weighted by Gasteiger charge is -2.26. The van der Waals surface area contributed by atoms with E-state index < -0.39 is 6.04 Å². The lowest BCUT2D eigenvalue weighted by Crippen LogP contribution is -2.50. The van der Waals surface area contributed by atoms with Crippen molar-refractivity contribution in [1.29, 1.82) is 0 Å². The molecule has 0 aromatic heterocycles. The Hall–Kier alpha value is -2.11. The fraction of sp³-hybridized carbons (Fsp3) is 0.579. The van der Waals surface area contributed by atoms with Gasteiger partial charge in [-0.05, 0) is 49.8 Å². The van der Waals surface area contributed by atoms with Crippen LogP contribution in [0.2, 0.25) is 0 Å². The number of carbonyl (C=O) groups excluding carboxylic acids is 2. The van der Waals surface area contributed by atoms with Crippen molar-refractivity contribution in [3.63, 3.8) is 0 Å². The Balaban J connectivity index is 1.78. The molecule has 136 valence electrons. The summed E-state index contributed by atoms with van der Waals surface area (Å²) in [5, 5.41) is 5.83. The highest BCUT2D eigenvalue weighted by Crippen LogP contribution is 2.33. The van der Waals surface area contributed by atoms with Crippen LogP contribution in [0.25, 0.3) is 0 Å². The van der Waals surface area contributed by atoms with Crippen LogP contribution in [0.1, 0.15) is 57.1 Å². The minimum Gasteiger partial charge on any atom is -0.493 e. The zero-order chi connectivity index (χ0) is 17.8. The number of rotatable bonds is 4. The van der Waals surface area contributed by atoms with Gasteiger partial charge in [0.2, 0.25) is 11.8 Å². The van der Waals surface area contributed by atoms with Crippen LogP contribution in [0.3, 0.4) is 0 Å². The molecule has 1 fully saturated rings. The molecule has 2 atom stereocenters. The van der Waals surface area contributed by atoms with Gasteiger partial charge >= 0.3 is 0 Å². The van der Waals surface area contributed by atoms with Gasteiger partial charge in [-0.15, -0.1) is 0 Å². The normalized spacial score (nSPS) is 21.6. The number of hydrogen-bond donors (Lipinski definition) is 2. The van der Waals surface area contributed by atoms with E-state index in [1.165, 1.54) is 19.1 Å². The van der Waals surface area contributed by atoms with Crippen molar-refractivity contribution in [2.75, 3.05) is 6.61 Å². The Kier molecular flexibility index (Phi) is 5.56. The molecule has 0 radical (unpaired) electrons. The maximum atomic E-state index is 13.7. The summed E-state index contributed by atoms with van der Waals surface area (Å²) in [4.78, 5) is 24.4. The molecule has 1 heterocycles. The third kappa shape index (κ3) is 4.30. The van der Waals surface area contributed by atoms with E-state index in [4.69, 9.17) is 4.74 Å². The molecule has 2 amide bonds. The summed E-state index contributed by atoms with van der Waals surface area (Å²) in [6.07, 6.45) is 5.50. The Bertz CT molecular complexity index is 644. The zero-order valence-electron chi connectivity index (χ0n) is 14.5. The lowest BCUT2D eigenvalue weighted by molar-refractivity contribution is -0.130. The van der Waals surface area contributed by atoms with E-state index >= 15 is 0 Å². The number of benzene rings is 1. The van der Waals surface area contributed by atoms with Gasteiger partial charge in [-0.3, -0.25) is 9.59 Å². The molecular formula is C19H25FN2O3. The minimum atomic E-state index is -0.527. The van der Waals surface area contributed by atoms with Crippen molar-refractivity contribution in [1.82, 2.24) is 10.6 Å². The van der Waals surface area contributed by atoms with Gasteiger partial charge in [0.05, 0.1) is 12.6 Å². The highest BCUT2D eigenvalue weighted by atomic mass is 19.1. The fourth-order valence-corrected chi connectivity index (χ4v) is 3.87. The van der Waals surface area contributed by atoms with Crippen molar-refractivity contribution in [2.24, 2.45) is 5.92 Å². The molecule has 0 unspecified atom stereocenters. The van der Waals surface area contributed by atoms with Crippen molar-refractivity contribution in [3.8, 4) is 5.75 Å². The summed E-state index contributed by atoms with van der Waals surface area (Å²) < 4.78 is 19.3. The predicted molar refractivity (Wildman–Crippen MR) is 91.6 cm³/mol. The zero-order valence-corrected chi connectivity index (χ0v) is 14.5. The predicted octanol–water partition coefficient (Wildman–Crippen LogP) is 2.85. The van der Waals surface area contributed by atoms with Gasteiger partial charge in [-0.1, -0.05) is 12.8 Å². The van der Waals surface area contributed by atoms with E-state index in [1.54, 1.807) is 6.07 Å². The average molecular weight is 348 g/mol. The highest BCUT2D eigenvalue weighted by molar-refractivity contribution is 5.87. The number of halogens is 1. The van der Waals surface area contributed by atoms with Crippen LogP contribution in [0.5, 0.6) is 5.75 Å². The number of fused-ring (bicyclic) bond motifs is 1. The molecule has 1 aliphatic heterocycles. The SMILES string of the molecule is CC(=O)N[C@@H](C(=O)N[C@@H]1CCCOc2ccc(F)cc21)C1CCCC1. The highest BCUT2D eigenvalue weighted by Gasteiger charge is 2.33. The van der Waals surface area contributed by atoms with Crippen molar-refractivity contribution in [2.45, 2.75) is 57.5 Å². The number of carbonyl (C=O) groups is 2. The molecule has 3 rings (SSSR count). The molecule has 1 saturated carbocycles. The molecule has 0 spiro atoms. The van der Waals surface area contributed by atoms with Crippen molar-refractivity contribution >= 4 is 11.8 Å². The largest absolute Gasteiger partial charge is 0.493 e. The first-order valence-electron chi connectivity index (χ1n) is 9.04. The third-order valence-electron chi connectivity index (χ3n) is 5.07. The van der Waals surface area contributed by atoms with E-state index in [0.717, 1.165) is 32.1 Å². The minimum absolute atomic E-state index is 0.165. The molecule has 1 aromatic rings. The van der Waals surface area contributed by atoms with Crippen LogP contribution in [-0.2, 0) is 9.59 Å². The Morgan fingerprint density at radius 2 is 1.96 bits per heavy atom. The molecule has 2 aliphatic rings. The van der Waals surface area contributed by atoms with Crippen molar-refractivity contribution < 1.29 is 18.7 Å². The van der Waals surface area contributed by atoms with E-state index in [0.29, 0.717) is 24.3 Å². The summed E-state index contributed by atoms with van der Waals surface area (Å²) >= 11 is 0. The first-order valence-corrected chi connectivity index (χ1v) is 9.04. The van der Waals surface area contributed by atoms with Crippen LogP contribution in [0.4, 0.5) is 4.39 Å². The monoisotopic (exact) mass is 348 g/mol. The number of nitrogens with one attached hydrogen (secondary N) is 2. The maximum Gasteiger partial charge on any atom is 0.243 e. The standard InChI is InChI=1S/C19H25FN2O3/c1-12(23)21-18(13-5-2-3-6-13)19(24)22-16-7-4-10-25-17-9-8-14(20)11-15(16)17/h8-9,11,13,16,18H,2-7,10H2,1H3,(H,21,23)(H,22,24)/t16-,18-/m1/s1. The molecule has 1 aliphatic carbocycles. The molecule has 0 bridgehead atoms. The lowest BCUT2D eigenvalue weighted by atomic mass is 9.95. The van der Waals surface area contributed by atoms with Crippen LogP contribution >= 0.6 is 0 Å². The molecular weight excluding hydrogens is 323 g/mol. The molecule has 6 heteroatoms. The van der Waals surface area contributed by atoms with Gasteiger partial charge in [0.1, 0.15) is 17.6 Å². The Morgan fingerprint density at radius 1 is 1.20 bits per heavy atom. The Labute approximate surface area is 147 Å². The number of hydrogen-bond acceptors (Lipinski definition) is 3. The topological polar surface area (TPSA) is 67.4 Å². The smallest absolute Gasteiger partial charge is 0.243 e. The summed E-state index contributed by atoms with van der Waals surface area (Å²) in [5.41, 5.74) is 0.666. The number of ether oxygens (including phenoxy) is 1. The molecule has 1 aromatic carbocycles. The van der Waals surface area contributed by atoms with Gasteiger partial charge in [0.15, 0.2) is 0 Å².